The van der Waals surface area contributed by atoms with Crippen LogP contribution in [0.4, 0.5) is 4.39 Å². The first-order valence-corrected chi connectivity index (χ1v) is 3.98. The minimum absolute atomic E-state index is 0.0778. The van der Waals surface area contributed by atoms with E-state index in [-0.39, 0.29) is 10.6 Å². The van der Waals surface area contributed by atoms with E-state index in [1.165, 1.54) is 13.2 Å². The molecule has 70 valence electrons. The van der Waals surface area contributed by atoms with Crippen LogP contribution in [-0.4, -0.2) is 13.1 Å². The summed E-state index contributed by atoms with van der Waals surface area (Å²) < 4.78 is 17.7. The van der Waals surface area contributed by atoms with E-state index < -0.39 is 11.8 Å². The molecule has 0 aromatic heterocycles. The van der Waals surface area contributed by atoms with Gasteiger partial charge in [0.15, 0.2) is 5.82 Å². The third-order valence-electron chi connectivity index (χ3n) is 1.69. The molecule has 1 aromatic rings. The standard InChI is InChI=1S/C9H8ClFO2/c1-5-3-4-6(10)8(11)7(5)9(12)13-2/h3-4H,1-2H3. The molecule has 0 amide bonds. The molecule has 0 heterocycles. The number of esters is 1. The summed E-state index contributed by atoms with van der Waals surface area (Å²) in [5.74, 6) is -1.44. The van der Waals surface area contributed by atoms with Gasteiger partial charge >= 0.3 is 5.97 Å². The zero-order chi connectivity index (χ0) is 10.0. The zero-order valence-electron chi connectivity index (χ0n) is 7.23. The van der Waals surface area contributed by atoms with E-state index in [0.717, 1.165) is 0 Å². The highest BCUT2D eigenvalue weighted by molar-refractivity contribution is 6.31. The fourth-order valence-corrected chi connectivity index (χ4v) is 1.16. The SMILES string of the molecule is COC(=O)c1c(C)ccc(Cl)c1F. The maximum Gasteiger partial charge on any atom is 0.341 e. The number of carbonyl (C=O) groups excluding carboxylic acids is 1. The van der Waals surface area contributed by atoms with Gasteiger partial charge in [0.25, 0.3) is 0 Å². The Labute approximate surface area is 80.3 Å². The molecule has 1 aromatic carbocycles. The van der Waals surface area contributed by atoms with Crippen molar-refractivity contribution in [3.8, 4) is 0 Å². The van der Waals surface area contributed by atoms with Crippen molar-refractivity contribution in [1.29, 1.82) is 0 Å². The van der Waals surface area contributed by atoms with E-state index in [4.69, 9.17) is 11.6 Å². The van der Waals surface area contributed by atoms with Crippen LogP contribution in [0.5, 0.6) is 0 Å². The number of aryl methyl sites for hydroxylation is 1. The molecule has 0 aliphatic carbocycles. The molecule has 0 bridgehead atoms. The Morgan fingerprint density at radius 1 is 1.54 bits per heavy atom. The molecule has 4 heteroatoms. The van der Waals surface area contributed by atoms with E-state index in [1.807, 2.05) is 0 Å². The minimum Gasteiger partial charge on any atom is -0.465 e. The molecule has 1 rings (SSSR count). The van der Waals surface area contributed by atoms with Gasteiger partial charge in [0.1, 0.15) is 0 Å². The molecule has 0 aliphatic heterocycles. The van der Waals surface area contributed by atoms with Crippen molar-refractivity contribution in [1.82, 2.24) is 0 Å². The number of hydrogen-bond acceptors (Lipinski definition) is 2. The maximum absolute atomic E-state index is 13.3. The first kappa shape index (κ1) is 9.99. The second kappa shape index (κ2) is 3.75. The summed E-state index contributed by atoms with van der Waals surface area (Å²) in [5.41, 5.74) is 0.406. The quantitative estimate of drug-likeness (QED) is 0.655. The van der Waals surface area contributed by atoms with Crippen molar-refractivity contribution < 1.29 is 13.9 Å². The number of halogens is 2. The number of ether oxygens (including phenoxy) is 1. The van der Waals surface area contributed by atoms with Crippen molar-refractivity contribution in [2.75, 3.05) is 7.11 Å². The summed E-state index contributed by atoms with van der Waals surface area (Å²) >= 11 is 5.50. The highest BCUT2D eigenvalue weighted by atomic mass is 35.5. The summed E-state index contributed by atoms with van der Waals surface area (Å²) in [6.07, 6.45) is 0. The normalized spacial score (nSPS) is 9.85. The van der Waals surface area contributed by atoms with Crippen LogP contribution in [0.2, 0.25) is 5.02 Å². The molecular formula is C9H8ClFO2. The lowest BCUT2D eigenvalue weighted by molar-refractivity contribution is 0.0594. The van der Waals surface area contributed by atoms with E-state index in [9.17, 15) is 9.18 Å². The maximum atomic E-state index is 13.3. The fraction of sp³-hybridized carbons (Fsp3) is 0.222. The number of hydrogen-bond donors (Lipinski definition) is 0. The number of rotatable bonds is 1. The largest absolute Gasteiger partial charge is 0.465 e. The lowest BCUT2D eigenvalue weighted by Crippen LogP contribution is -2.07. The van der Waals surface area contributed by atoms with Crippen molar-refractivity contribution in [2.24, 2.45) is 0 Å². The van der Waals surface area contributed by atoms with Crippen LogP contribution in [0.3, 0.4) is 0 Å². The van der Waals surface area contributed by atoms with Crippen LogP contribution in [0.1, 0.15) is 15.9 Å². The van der Waals surface area contributed by atoms with Crippen LogP contribution in [0.15, 0.2) is 12.1 Å². The molecular weight excluding hydrogens is 195 g/mol. The molecule has 13 heavy (non-hydrogen) atoms. The number of benzene rings is 1. The lowest BCUT2D eigenvalue weighted by atomic mass is 10.1. The van der Waals surface area contributed by atoms with Gasteiger partial charge in [-0.25, -0.2) is 9.18 Å². The Balaban J connectivity index is 3.33. The summed E-state index contributed by atoms with van der Waals surface area (Å²) in [7, 11) is 1.20. The van der Waals surface area contributed by atoms with Crippen molar-refractivity contribution >= 4 is 17.6 Å². The summed E-state index contributed by atoms with van der Waals surface area (Å²) in [6, 6.07) is 2.97. The first-order chi connectivity index (χ1) is 6.07. The van der Waals surface area contributed by atoms with Crippen molar-refractivity contribution in [3.63, 3.8) is 0 Å². The Morgan fingerprint density at radius 2 is 2.15 bits per heavy atom. The molecule has 2 nitrogen and oxygen atoms in total. The van der Waals surface area contributed by atoms with Gasteiger partial charge < -0.3 is 4.74 Å². The molecule has 0 radical (unpaired) electrons. The molecule has 0 N–H and O–H groups in total. The van der Waals surface area contributed by atoms with Gasteiger partial charge in [0.2, 0.25) is 0 Å². The lowest BCUT2D eigenvalue weighted by Gasteiger charge is -2.05. The van der Waals surface area contributed by atoms with Gasteiger partial charge in [-0.2, -0.15) is 0 Å². The van der Waals surface area contributed by atoms with E-state index in [0.29, 0.717) is 5.56 Å². The van der Waals surface area contributed by atoms with Gasteiger partial charge in [0, 0.05) is 0 Å². The molecule has 0 unspecified atom stereocenters. The monoisotopic (exact) mass is 202 g/mol. The van der Waals surface area contributed by atoms with Crippen LogP contribution >= 0.6 is 11.6 Å². The predicted octanol–water partition coefficient (Wildman–Crippen LogP) is 2.57. The Hall–Kier alpha value is -1.09. The molecule has 0 saturated carbocycles. The minimum atomic E-state index is -0.728. The van der Waals surface area contributed by atoms with Crippen molar-refractivity contribution in [2.45, 2.75) is 6.92 Å². The molecule has 0 spiro atoms. The Kier molecular flexibility index (Phi) is 2.88. The molecule has 0 atom stereocenters. The van der Waals surface area contributed by atoms with Gasteiger partial charge in [-0.3, -0.25) is 0 Å². The number of carbonyl (C=O) groups is 1. The third kappa shape index (κ3) is 1.80. The van der Waals surface area contributed by atoms with E-state index >= 15 is 0 Å². The average Bonchev–Trinajstić information content (AvgIpc) is 2.12. The van der Waals surface area contributed by atoms with Gasteiger partial charge in [-0.1, -0.05) is 17.7 Å². The molecule has 0 aliphatic rings. The predicted molar refractivity (Wildman–Crippen MR) is 47.5 cm³/mol. The highest BCUT2D eigenvalue weighted by Crippen LogP contribution is 2.21. The molecule has 0 saturated heterocycles. The summed E-state index contributed by atoms with van der Waals surface area (Å²) in [5, 5.41) is -0.0778. The summed E-state index contributed by atoms with van der Waals surface area (Å²) in [6.45, 7) is 1.62. The average molecular weight is 203 g/mol. The number of methoxy groups -OCH3 is 1. The highest BCUT2D eigenvalue weighted by Gasteiger charge is 2.17. The van der Waals surface area contributed by atoms with E-state index in [2.05, 4.69) is 4.74 Å². The second-order valence-electron chi connectivity index (χ2n) is 2.54. The first-order valence-electron chi connectivity index (χ1n) is 3.61. The fourth-order valence-electron chi connectivity index (χ4n) is 1.000. The zero-order valence-corrected chi connectivity index (χ0v) is 7.98. The van der Waals surface area contributed by atoms with Gasteiger partial charge in [-0.05, 0) is 18.6 Å². The van der Waals surface area contributed by atoms with Crippen molar-refractivity contribution in [3.05, 3.63) is 34.1 Å². The van der Waals surface area contributed by atoms with Crippen LogP contribution in [0.25, 0.3) is 0 Å². The van der Waals surface area contributed by atoms with Crippen LogP contribution < -0.4 is 0 Å². The van der Waals surface area contributed by atoms with Gasteiger partial charge in [0.05, 0.1) is 17.7 Å². The third-order valence-corrected chi connectivity index (χ3v) is 1.98. The smallest absolute Gasteiger partial charge is 0.341 e. The second-order valence-corrected chi connectivity index (χ2v) is 2.95. The summed E-state index contributed by atoms with van der Waals surface area (Å²) in [4.78, 5) is 11.1. The van der Waals surface area contributed by atoms with E-state index in [1.54, 1.807) is 13.0 Å². The van der Waals surface area contributed by atoms with Gasteiger partial charge in [-0.15, -0.1) is 0 Å². The topological polar surface area (TPSA) is 26.3 Å². The molecule has 0 fully saturated rings. The van der Waals surface area contributed by atoms with Crippen LogP contribution in [0, 0.1) is 12.7 Å². The van der Waals surface area contributed by atoms with Crippen LogP contribution in [-0.2, 0) is 4.74 Å². The Bertz CT molecular complexity index is 350. The Morgan fingerprint density at radius 3 is 2.69 bits per heavy atom.